The summed E-state index contributed by atoms with van der Waals surface area (Å²) >= 11 is 0. The highest BCUT2D eigenvalue weighted by Crippen LogP contribution is 2.35. The van der Waals surface area contributed by atoms with E-state index in [2.05, 4.69) is 20.0 Å². The Kier molecular flexibility index (Phi) is 8.52. The molecule has 0 spiro atoms. The first kappa shape index (κ1) is 28.7. The number of nitrogens with zero attached hydrogens (tertiary/aromatic N) is 2. The molecule has 0 radical (unpaired) electrons. The van der Waals surface area contributed by atoms with Crippen LogP contribution >= 0.6 is 0 Å². The molecule has 0 unspecified atom stereocenters. The molecule has 3 rings (SSSR count). The monoisotopic (exact) mass is 549 g/mol. The lowest BCUT2D eigenvalue weighted by molar-refractivity contribution is -0.275. The van der Waals surface area contributed by atoms with Crippen LogP contribution in [0, 0.1) is 17.7 Å². The van der Waals surface area contributed by atoms with Gasteiger partial charge < -0.3 is 14.8 Å². The second-order valence-electron chi connectivity index (χ2n) is 8.48. The van der Waals surface area contributed by atoms with Gasteiger partial charge in [-0.05, 0) is 57.6 Å². The minimum absolute atomic E-state index is 0.0439. The SMILES string of the molecule is CNCc1ccc(C(=N)OC(=N)c2nc(-c3ccc(S(=O)(=O)C(C)C)c(OC(F)(F)F)c3)cnc2C)cc1. The van der Waals surface area contributed by atoms with Gasteiger partial charge in [-0.1, -0.05) is 18.2 Å². The summed E-state index contributed by atoms with van der Waals surface area (Å²) in [5.41, 5.74) is 1.77. The van der Waals surface area contributed by atoms with Crippen LogP contribution in [0.4, 0.5) is 13.2 Å². The Morgan fingerprint density at radius 3 is 2.32 bits per heavy atom. The van der Waals surface area contributed by atoms with Gasteiger partial charge in [0.25, 0.3) is 0 Å². The average Bonchev–Trinajstić information content (AvgIpc) is 2.83. The number of nitrogens with one attached hydrogen (secondary N) is 3. The van der Waals surface area contributed by atoms with E-state index in [4.69, 9.17) is 15.6 Å². The quantitative estimate of drug-likeness (QED) is 0.275. The Morgan fingerprint density at radius 2 is 1.74 bits per heavy atom. The fourth-order valence-corrected chi connectivity index (χ4v) is 4.50. The lowest BCUT2D eigenvalue weighted by atomic mass is 10.1. The Labute approximate surface area is 218 Å². The molecule has 0 aliphatic carbocycles. The average molecular weight is 550 g/mol. The van der Waals surface area contributed by atoms with Gasteiger partial charge in [0.2, 0.25) is 11.8 Å². The fraction of sp³-hybridized carbons (Fsp3) is 0.280. The van der Waals surface area contributed by atoms with Crippen molar-refractivity contribution in [3.05, 3.63) is 71.2 Å². The van der Waals surface area contributed by atoms with E-state index in [1.165, 1.54) is 26.1 Å². The van der Waals surface area contributed by atoms with Crippen molar-refractivity contribution in [2.75, 3.05) is 7.05 Å². The van der Waals surface area contributed by atoms with Crippen LogP contribution in [0.3, 0.4) is 0 Å². The van der Waals surface area contributed by atoms with E-state index in [0.29, 0.717) is 12.1 Å². The van der Waals surface area contributed by atoms with E-state index < -0.39 is 38.0 Å². The summed E-state index contributed by atoms with van der Waals surface area (Å²) in [4.78, 5) is 7.83. The summed E-state index contributed by atoms with van der Waals surface area (Å²) in [6.07, 6.45) is -3.87. The Morgan fingerprint density at radius 1 is 1.08 bits per heavy atom. The summed E-state index contributed by atoms with van der Waals surface area (Å²) < 4.78 is 73.8. The van der Waals surface area contributed by atoms with Crippen molar-refractivity contribution < 1.29 is 31.1 Å². The van der Waals surface area contributed by atoms with E-state index in [0.717, 1.165) is 17.7 Å². The van der Waals surface area contributed by atoms with Crippen molar-refractivity contribution in [1.82, 2.24) is 15.3 Å². The number of hydrogen-bond donors (Lipinski definition) is 3. The zero-order valence-corrected chi connectivity index (χ0v) is 21.8. The van der Waals surface area contributed by atoms with Gasteiger partial charge in [-0.3, -0.25) is 15.8 Å². The largest absolute Gasteiger partial charge is 0.573 e. The molecule has 9 nitrogen and oxygen atoms in total. The molecule has 0 aliphatic rings. The maximum absolute atomic E-state index is 13.1. The first-order chi connectivity index (χ1) is 17.7. The molecule has 0 saturated heterocycles. The van der Waals surface area contributed by atoms with Crippen LogP contribution in [0.1, 0.15) is 36.4 Å². The molecule has 13 heteroatoms. The Balaban J connectivity index is 1.94. The molecular weight excluding hydrogens is 523 g/mol. The van der Waals surface area contributed by atoms with Crippen molar-refractivity contribution in [3.63, 3.8) is 0 Å². The van der Waals surface area contributed by atoms with E-state index in [-0.39, 0.29) is 28.5 Å². The molecular formula is C25H26F3N5O4S. The predicted molar refractivity (Wildman–Crippen MR) is 135 cm³/mol. The third-order valence-corrected chi connectivity index (χ3v) is 7.56. The highest BCUT2D eigenvalue weighted by molar-refractivity contribution is 7.92. The highest BCUT2D eigenvalue weighted by atomic mass is 32.2. The van der Waals surface area contributed by atoms with Gasteiger partial charge in [-0.15, -0.1) is 13.2 Å². The van der Waals surface area contributed by atoms with Crippen LogP contribution in [-0.2, 0) is 21.1 Å². The van der Waals surface area contributed by atoms with E-state index in [9.17, 15) is 21.6 Å². The molecule has 0 atom stereocenters. The summed E-state index contributed by atoms with van der Waals surface area (Å²) in [5, 5.41) is 18.5. The van der Waals surface area contributed by atoms with Crippen LogP contribution in [0.2, 0.25) is 0 Å². The minimum Gasteiger partial charge on any atom is -0.419 e. The van der Waals surface area contributed by atoms with Crippen molar-refractivity contribution in [3.8, 4) is 17.0 Å². The number of alkyl halides is 3. The molecule has 202 valence electrons. The zero-order chi connectivity index (χ0) is 28.3. The molecule has 2 aromatic carbocycles. The molecule has 1 aromatic heterocycles. The van der Waals surface area contributed by atoms with Gasteiger partial charge in [0.1, 0.15) is 16.3 Å². The van der Waals surface area contributed by atoms with Crippen LogP contribution in [-0.4, -0.2) is 48.8 Å². The number of ether oxygens (including phenoxy) is 2. The maximum atomic E-state index is 13.1. The third-order valence-electron chi connectivity index (χ3n) is 5.36. The van der Waals surface area contributed by atoms with Crippen molar-refractivity contribution >= 4 is 21.6 Å². The molecule has 0 fully saturated rings. The fourth-order valence-electron chi connectivity index (χ4n) is 3.35. The number of benzene rings is 2. The Hall–Kier alpha value is -3.84. The van der Waals surface area contributed by atoms with E-state index in [1.807, 2.05) is 19.2 Å². The number of rotatable bonds is 8. The van der Waals surface area contributed by atoms with Gasteiger partial charge >= 0.3 is 6.36 Å². The van der Waals surface area contributed by atoms with Crippen molar-refractivity contribution in [2.45, 2.75) is 43.8 Å². The molecule has 0 aliphatic heterocycles. The van der Waals surface area contributed by atoms with Gasteiger partial charge in [0, 0.05) is 17.7 Å². The number of aryl methyl sites for hydroxylation is 1. The molecule has 3 N–H and O–H groups in total. The molecule has 0 amide bonds. The molecule has 0 saturated carbocycles. The minimum atomic E-state index is -5.13. The molecule has 1 heterocycles. The van der Waals surface area contributed by atoms with Gasteiger partial charge in [0.15, 0.2) is 9.84 Å². The summed E-state index contributed by atoms with van der Waals surface area (Å²) in [6, 6.07) is 10.2. The van der Waals surface area contributed by atoms with Gasteiger partial charge in [-0.2, -0.15) is 0 Å². The molecule has 38 heavy (non-hydrogen) atoms. The number of halogens is 3. The Bertz CT molecular complexity index is 1460. The number of hydrogen-bond acceptors (Lipinski definition) is 9. The van der Waals surface area contributed by atoms with Crippen molar-refractivity contribution in [1.29, 1.82) is 10.8 Å². The molecule has 3 aromatic rings. The molecule has 0 bridgehead atoms. The van der Waals surface area contributed by atoms with Crippen LogP contribution in [0.15, 0.2) is 53.6 Å². The number of aromatic nitrogens is 2. The van der Waals surface area contributed by atoms with Crippen molar-refractivity contribution in [2.24, 2.45) is 0 Å². The second kappa shape index (κ2) is 11.3. The van der Waals surface area contributed by atoms with Crippen LogP contribution < -0.4 is 10.1 Å². The lowest BCUT2D eigenvalue weighted by Gasteiger charge is -2.16. The topological polar surface area (TPSA) is 138 Å². The van der Waals surface area contributed by atoms with Gasteiger partial charge in [-0.25, -0.2) is 13.4 Å². The summed E-state index contributed by atoms with van der Waals surface area (Å²) in [5.74, 6) is -1.70. The van der Waals surface area contributed by atoms with E-state index in [1.54, 1.807) is 19.1 Å². The summed E-state index contributed by atoms with van der Waals surface area (Å²) in [6.45, 7) is 4.89. The van der Waals surface area contributed by atoms with Crippen LogP contribution in [0.25, 0.3) is 11.3 Å². The lowest BCUT2D eigenvalue weighted by Crippen LogP contribution is -2.21. The van der Waals surface area contributed by atoms with E-state index >= 15 is 0 Å². The highest BCUT2D eigenvalue weighted by Gasteiger charge is 2.35. The van der Waals surface area contributed by atoms with Crippen LogP contribution in [0.5, 0.6) is 5.75 Å². The standard InChI is InChI=1S/C25H26F3N5O4S/c1-14(2)38(34,35)21-10-9-18(11-20(21)37-25(26,27)28)19-13-32-15(3)22(33-19)24(30)36-23(29)17-7-5-16(6-8-17)12-31-4/h5-11,13-14,29-31H,12H2,1-4H3. The predicted octanol–water partition coefficient (Wildman–Crippen LogP) is 4.62. The second-order valence-corrected chi connectivity index (χ2v) is 11.0. The smallest absolute Gasteiger partial charge is 0.419 e. The first-order valence-electron chi connectivity index (χ1n) is 11.3. The zero-order valence-electron chi connectivity index (χ0n) is 21.0. The van der Waals surface area contributed by atoms with Gasteiger partial charge in [0.05, 0.1) is 22.8 Å². The normalized spacial score (nSPS) is 11.9. The third kappa shape index (κ3) is 6.72. The summed E-state index contributed by atoms with van der Waals surface area (Å²) in [7, 11) is -2.29. The maximum Gasteiger partial charge on any atom is 0.573 e. The first-order valence-corrected chi connectivity index (χ1v) is 12.8. The number of sulfone groups is 1.